The number of amides is 1. The van der Waals surface area contributed by atoms with Gasteiger partial charge in [-0.15, -0.1) is 10.2 Å². The van der Waals surface area contributed by atoms with E-state index in [-0.39, 0.29) is 17.5 Å². The van der Waals surface area contributed by atoms with Crippen molar-refractivity contribution in [3.05, 3.63) is 83.3 Å². The number of hydrogen-bond acceptors (Lipinski definition) is 5. The number of nitrogens with one attached hydrogen (secondary N) is 1. The number of anilines is 1. The average Bonchev–Trinajstić information content (AvgIpc) is 3.20. The summed E-state index contributed by atoms with van der Waals surface area (Å²) in [7, 11) is 0. The zero-order valence-electron chi connectivity index (χ0n) is 16.4. The number of hydrogen-bond donors (Lipinski definition) is 1. The molecule has 0 saturated carbocycles. The highest BCUT2D eigenvalue weighted by atomic mass is 35.5. The zero-order valence-corrected chi connectivity index (χ0v) is 18.0. The van der Waals surface area contributed by atoms with E-state index >= 15 is 0 Å². The monoisotopic (exact) mass is 453 g/mol. The van der Waals surface area contributed by atoms with E-state index in [9.17, 15) is 9.18 Å². The van der Waals surface area contributed by atoms with Crippen molar-refractivity contribution in [1.82, 2.24) is 19.7 Å². The van der Waals surface area contributed by atoms with Crippen LogP contribution >= 0.6 is 23.4 Å². The highest BCUT2D eigenvalue weighted by Gasteiger charge is 2.18. The van der Waals surface area contributed by atoms with Gasteiger partial charge in [-0.25, -0.2) is 4.39 Å². The first kappa shape index (κ1) is 21.0. The number of aryl methyl sites for hydroxylation is 1. The first-order valence-electron chi connectivity index (χ1n) is 9.33. The Hall–Kier alpha value is -3.23. The molecule has 0 atom stereocenters. The van der Waals surface area contributed by atoms with E-state index in [1.165, 1.54) is 17.8 Å². The molecule has 4 rings (SSSR count). The molecule has 6 nitrogen and oxygen atoms in total. The number of rotatable bonds is 6. The molecule has 0 aliphatic rings. The molecule has 0 unspecified atom stereocenters. The highest BCUT2D eigenvalue weighted by Crippen LogP contribution is 2.28. The van der Waals surface area contributed by atoms with Crippen molar-refractivity contribution >= 4 is 35.0 Å². The van der Waals surface area contributed by atoms with Gasteiger partial charge >= 0.3 is 0 Å². The maximum atomic E-state index is 13.7. The van der Waals surface area contributed by atoms with Gasteiger partial charge in [0.1, 0.15) is 11.5 Å². The van der Waals surface area contributed by atoms with Crippen LogP contribution in [0.5, 0.6) is 0 Å². The van der Waals surface area contributed by atoms with Gasteiger partial charge in [-0.05, 0) is 61.0 Å². The second kappa shape index (κ2) is 9.28. The summed E-state index contributed by atoms with van der Waals surface area (Å²) < 4.78 is 15.5. The highest BCUT2D eigenvalue weighted by molar-refractivity contribution is 7.99. The molecular weight excluding hydrogens is 437 g/mol. The molecule has 0 aliphatic heterocycles. The fourth-order valence-corrected chi connectivity index (χ4v) is 3.72. The number of carbonyl (C=O) groups excluding carboxylic acids is 1. The van der Waals surface area contributed by atoms with Gasteiger partial charge in [0, 0.05) is 22.6 Å². The Labute approximate surface area is 187 Å². The van der Waals surface area contributed by atoms with Gasteiger partial charge in [-0.1, -0.05) is 35.5 Å². The van der Waals surface area contributed by atoms with Crippen molar-refractivity contribution in [2.75, 3.05) is 11.1 Å². The van der Waals surface area contributed by atoms with Gasteiger partial charge in [0.05, 0.1) is 5.75 Å². The SMILES string of the molecule is Cc1ccc(NC(=O)CSc2nnc(-c3ccccn3)n2-c2ccc(Cl)cc2)cc1F. The van der Waals surface area contributed by atoms with Gasteiger partial charge in [0.15, 0.2) is 11.0 Å². The number of nitrogens with zero attached hydrogens (tertiary/aromatic N) is 4. The molecule has 0 radical (unpaired) electrons. The average molecular weight is 454 g/mol. The third kappa shape index (κ3) is 4.92. The fraction of sp³-hybridized carbons (Fsp3) is 0.0909. The van der Waals surface area contributed by atoms with Crippen LogP contribution in [-0.4, -0.2) is 31.4 Å². The Bertz CT molecular complexity index is 1210. The molecule has 0 bridgehead atoms. The predicted molar refractivity (Wildman–Crippen MR) is 120 cm³/mol. The number of aromatic nitrogens is 4. The maximum Gasteiger partial charge on any atom is 0.234 e. The second-order valence-electron chi connectivity index (χ2n) is 6.63. The number of carbonyl (C=O) groups is 1. The molecule has 2 heterocycles. The minimum atomic E-state index is -0.368. The van der Waals surface area contributed by atoms with Gasteiger partial charge in [0.25, 0.3) is 0 Å². The van der Waals surface area contributed by atoms with Crippen LogP contribution < -0.4 is 5.32 Å². The van der Waals surface area contributed by atoms with E-state index in [4.69, 9.17) is 11.6 Å². The van der Waals surface area contributed by atoms with Crippen LogP contribution in [0.25, 0.3) is 17.2 Å². The number of benzene rings is 2. The van der Waals surface area contributed by atoms with Crippen molar-refractivity contribution in [3.63, 3.8) is 0 Å². The largest absolute Gasteiger partial charge is 0.325 e. The summed E-state index contributed by atoms with van der Waals surface area (Å²) in [6, 6.07) is 17.3. The summed E-state index contributed by atoms with van der Waals surface area (Å²) in [6.45, 7) is 1.67. The van der Waals surface area contributed by atoms with E-state index in [0.717, 1.165) is 5.69 Å². The van der Waals surface area contributed by atoms with Gasteiger partial charge in [-0.3, -0.25) is 14.3 Å². The van der Waals surface area contributed by atoms with Crippen LogP contribution in [0.3, 0.4) is 0 Å². The summed E-state index contributed by atoms with van der Waals surface area (Å²) in [6.07, 6.45) is 1.68. The summed E-state index contributed by atoms with van der Waals surface area (Å²) in [5.74, 6) is -0.0265. The van der Waals surface area contributed by atoms with Gasteiger partial charge in [0.2, 0.25) is 5.91 Å². The van der Waals surface area contributed by atoms with E-state index in [1.54, 1.807) is 37.4 Å². The Kier molecular flexibility index (Phi) is 6.29. The van der Waals surface area contributed by atoms with Crippen LogP contribution in [0, 0.1) is 12.7 Å². The lowest BCUT2D eigenvalue weighted by molar-refractivity contribution is -0.113. The quantitative estimate of drug-likeness (QED) is 0.408. The molecule has 0 fully saturated rings. The maximum absolute atomic E-state index is 13.7. The smallest absolute Gasteiger partial charge is 0.234 e. The molecular formula is C22H17ClFN5OS. The van der Waals surface area contributed by atoms with E-state index < -0.39 is 0 Å². The first-order valence-corrected chi connectivity index (χ1v) is 10.7. The van der Waals surface area contributed by atoms with Crippen LogP contribution in [0.1, 0.15) is 5.56 Å². The van der Waals surface area contributed by atoms with Crippen LogP contribution in [0.2, 0.25) is 5.02 Å². The first-order chi connectivity index (χ1) is 15.0. The normalized spacial score (nSPS) is 10.8. The molecule has 4 aromatic rings. The molecule has 31 heavy (non-hydrogen) atoms. The third-order valence-electron chi connectivity index (χ3n) is 4.40. The third-order valence-corrected chi connectivity index (χ3v) is 5.58. The minimum Gasteiger partial charge on any atom is -0.325 e. The molecule has 0 aliphatic carbocycles. The Balaban J connectivity index is 1.57. The summed E-state index contributed by atoms with van der Waals surface area (Å²) >= 11 is 7.25. The zero-order chi connectivity index (χ0) is 21.8. The lowest BCUT2D eigenvalue weighted by atomic mass is 10.2. The van der Waals surface area contributed by atoms with E-state index in [0.29, 0.717) is 32.9 Å². The number of halogens is 2. The second-order valence-corrected chi connectivity index (χ2v) is 8.01. The topological polar surface area (TPSA) is 72.7 Å². The summed E-state index contributed by atoms with van der Waals surface area (Å²) in [5, 5.41) is 12.4. The Morgan fingerprint density at radius 3 is 2.65 bits per heavy atom. The Morgan fingerprint density at radius 1 is 1.13 bits per heavy atom. The Morgan fingerprint density at radius 2 is 1.94 bits per heavy atom. The summed E-state index contributed by atoms with van der Waals surface area (Å²) in [4.78, 5) is 16.8. The standard InChI is InChI=1S/C22H17ClFN5OS/c1-14-5-8-16(12-18(14)24)26-20(30)13-31-22-28-27-21(19-4-2-3-11-25-19)29(22)17-9-6-15(23)7-10-17/h2-12H,13H2,1H3,(H,26,30). The molecule has 0 saturated heterocycles. The molecule has 2 aromatic carbocycles. The number of thioether (sulfide) groups is 1. The van der Waals surface area contributed by atoms with Crippen molar-refractivity contribution in [1.29, 1.82) is 0 Å². The molecule has 1 amide bonds. The fourth-order valence-electron chi connectivity index (χ4n) is 2.85. The van der Waals surface area contributed by atoms with E-state index in [1.807, 2.05) is 34.9 Å². The van der Waals surface area contributed by atoms with Crippen molar-refractivity contribution in [3.8, 4) is 17.2 Å². The number of pyridine rings is 1. The lowest BCUT2D eigenvalue weighted by Gasteiger charge is -2.10. The van der Waals surface area contributed by atoms with Crippen LogP contribution in [0.4, 0.5) is 10.1 Å². The molecule has 9 heteroatoms. The molecule has 0 spiro atoms. The van der Waals surface area contributed by atoms with Gasteiger partial charge < -0.3 is 5.32 Å². The van der Waals surface area contributed by atoms with Crippen molar-refractivity contribution in [2.45, 2.75) is 12.1 Å². The molecule has 1 N–H and O–H groups in total. The van der Waals surface area contributed by atoms with Crippen molar-refractivity contribution < 1.29 is 9.18 Å². The van der Waals surface area contributed by atoms with E-state index in [2.05, 4.69) is 20.5 Å². The lowest BCUT2D eigenvalue weighted by Crippen LogP contribution is -2.14. The predicted octanol–water partition coefficient (Wildman–Crippen LogP) is 5.16. The van der Waals surface area contributed by atoms with Crippen LogP contribution in [0.15, 0.2) is 72.0 Å². The van der Waals surface area contributed by atoms with Crippen LogP contribution in [-0.2, 0) is 4.79 Å². The molecule has 2 aromatic heterocycles. The van der Waals surface area contributed by atoms with Crippen molar-refractivity contribution in [2.24, 2.45) is 0 Å². The molecule has 156 valence electrons. The van der Waals surface area contributed by atoms with Gasteiger partial charge in [-0.2, -0.15) is 0 Å². The minimum absolute atomic E-state index is 0.0729. The summed E-state index contributed by atoms with van der Waals surface area (Å²) in [5.41, 5.74) is 2.36.